The van der Waals surface area contributed by atoms with Gasteiger partial charge in [0.1, 0.15) is 0 Å². The monoisotopic (exact) mass is 314 g/mol. The molecule has 0 saturated heterocycles. The number of hydrogen-bond acceptors (Lipinski definition) is 6. The van der Waals surface area contributed by atoms with Gasteiger partial charge < -0.3 is 9.84 Å². The van der Waals surface area contributed by atoms with Crippen molar-refractivity contribution in [1.29, 1.82) is 0 Å². The fourth-order valence-corrected chi connectivity index (χ4v) is 2.19. The smallest absolute Gasteiger partial charge is 0.291 e. The molecule has 1 N–H and O–H groups in total. The summed E-state index contributed by atoms with van der Waals surface area (Å²) in [6, 6.07) is 3.71. The van der Waals surface area contributed by atoms with Crippen molar-refractivity contribution in [1.82, 2.24) is 30.1 Å². The van der Waals surface area contributed by atoms with E-state index >= 15 is 0 Å². The van der Waals surface area contributed by atoms with E-state index in [9.17, 15) is 4.79 Å². The first-order chi connectivity index (χ1) is 10.9. The number of aromatic nitrogens is 5. The lowest BCUT2D eigenvalue weighted by Crippen LogP contribution is -2.23. The van der Waals surface area contributed by atoms with Crippen LogP contribution in [0.5, 0.6) is 0 Å². The van der Waals surface area contributed by atoms with Crippen LogP contribution in [-0.4, -0.2) is 30.6 Å². The van der Waals surface area contributed by atoms with Crippen LogP contribution in [0.1, 0.15) is 53.2 Å². The van der Waals surface area contributed by atoms with Gasteiger partial charge in [0, 0.05) is 17.5 Å². The van der Waals surface area contributed by atoms with E-state index < -0.39 is 0 Å². The summed E-state index contributed by atoms with van der Waals surface area (Å²) in [7, 11) is 0. The number of aryl methyl sites for hydroxylation is 2. The fourth-order valence-electron chi connectivity index (χ4n) is 2.19. The van der Waals surface area contributed by atoms with Gasteiger partial charge in [-0.3, -0.25) is 4.79 Å². The highest BCUT2D eigenvalue weighted by Crippen LogP contribution is 2.13. The van der Waals surface area contributed by atoms with Gasteiger partial charge in [-0.2, -0.15) is 4.98 Å². The van der Waals surface area contributed by atoms with Crippen LogP contribution in [0.25, 0.3) is 5.78 Å². The van der Waals surface area contributed by atoms with Crippen LogP contribution in [0, 0.1) is 13.8 Å². The molecule has 0 spiro atoms. The Morgan fingerprint density at radius 3 is 2.78 bits per heavy atom. The number of nitrogens with zero attached hydrogens (tertiary/aromatic N) is 5. The highest BCUT2D eigenvalue weighted by molar-refractivity contribution is 5.90. The maximum Gasteiger partial charge on any atom is 0.291 e. The topological polar surface area (TPSA) is 98.2 Å². The van der Waals surface area contributed by atoms with E-state index in [2.05, 4.69) is 25.5 Å². The van der Waals surface area contributed by atoms with Crippen LogP contribution in [-0.2, 0) is 6.54 Å². The molecule has 0 saturated carbocycles. The van der Waals surface area contributed by atoms with Gasteiger partial charge in [-0.15, -0.1) is 5.10 Å². The molecule has 120 valence electrons. The second-order valence-electron chi connectivity index (χ2n) is 5.74. The number of carbonyl (C=O) groups excluding carboxylic acids is 1. The van der Waals surface area contributed by atoms with E-state index in [0.717, 1.165) is 17.1 Å². The molecule has 0 aliphatic carbocycles. The Bertz CT molecular complexity index is 864. The molecule has 8 nitrogen and oxygen atoms in total. The summed E-state index contributed by atoms with van der Waals surface area (Å²) in [4.78, 5) is 20.6. The van der Waals surface area contributed by atoms with E-state index in [0.29, 0.717) is 11.5 Å². The molecular formula is C15H18N6O2. The minimum absolute atomic E-state index is 0.0785. The summed E-state index contributed by atoms with van der Waals surface area (Å²) in [6.45, 7) is 8.05. The third kappa shape index (κ3) is 3.05. The summed E-state index contributed by atoms with van der Waals surface area (Å²) in [5.74, 6) is 0.982. The van der Waals surface area contributed by atoms with Crippen LogP contribution in [0.15, 0.2) is 16.7 Å². The second kappa shape index (κ2) is 5.79. The number of nitrogens with one attached hydrogen (secondary N) is 1. The van der Waals surface area contributed by atoms with Gasteiger partial charge in [-0.05, 0) is 25.8 Å². The minimum atomic E-state index is -0.380. The van der Waals surface area contributed by atoms with Crippen molar-refractivity contribution >= 4 is 11.7 Å². The molecule has 0 aliphatic heterocycles. The number of rotatable bonds is 4. The molecule has 8 heteroatoms. The number of fused-ring (bicyclic) bond motifs is 1. The van der Waals surface area contributed by atoms with Crippen molar-refractivity contribution in [3.05, 3.63) is 40.8 Å². The molecule has 0 aromatic carbocycles. The molecule has 3 heterocycles. The highest BCUT2D eigenvalue weighted by Gasteiger charge is 2.16. The molecule has 23 heavy (non-hydrogen) atoms. The molecule has 0 fully saturated rings. The molecule has 1 amide bonds. The van der Waals surface area contributed by atoms with Gasteiger partial charge in [0.2, 0.25) is 5.82 Å². The third-order valence-corrected chi connectivity index (χ3v) is 3.41. The van der Waals surface area contributed by atoms with Gasteiger partial charge in [0.25, 0.3) is 11.7 Å². The zero-order valence-electron chi connectivity index (χ0n) is 13.5. The fraction of sp³-hybridized carbons (Fsp3) is 0.400. The van der Waals surface area contributed by atoms with Crippen molar-refractivity contribution in [2.24, 2.45) is 0 Å². The summed E-state index contributed by atoms with van der Waals surface area (Å²) in [5.41, 5.74) is 2.56. The molecule has 3 aromatic rings. The minimum Gasteiger partial charge on any atom is -0.359 e. The predicted octanol–water partition coefficient (Wildman–Crippen LogP) is 1.78. The molecule has 0 aliphatic rings. The maximum absolute atomic E-state index is 12.2. The lowest BCUT2D eigenvalue weighted by molar-refractivity contribution is 0.0937. The molecule has 3 aromatic heterocycles. The van der Waals surface area contributed by atoms with Crippen molar-refractivity contribution in [2.45, 2.75) is 40.2 Å². The Labute approximate surface area is 132 Å². The lowest BCUT2D eigenvalue weighted by atomic mass is 10.1. The number of hydrogen-bond donors (Lipinski definition) is 1. The Morgan fingerprint density at radius 2 is 2.09 bits per heavy atom. The van der Waals surface area contributed by atoms with Crippen LogP contribution >= 0.6 is 0 Å². The summed E-state index contributed by atoms with van der Waals surface area (Å²) < 4.78 is 6.73. The largest absolute Gasteiger partial charge is 0.359 e. The number of amides is 1. The Kier molecular flexibility index (Phi) is 3.81. The zero-order chi connectivity index (χ0) is 16.6. The van der Waals surface area contributed by atoms with E-state index in [-0.39, 0.29) is 24.2 Å². The molecular weight excluding hydrogens is 296 g/mol. The molecule has 3 rings (SSSR count). The molecule has 0 radical (unpaired) electrons. The van der Waals surface area contributed by atoms with Gasteiger partial charge in [-0.25, -0.2) is 9.50 Å². The van der Waals surface area contributed by atoms with E-state index in [1.165, 1.54) is 0 Å². The Morgan fingerprint density at radius 1 is 1.30 bits per heavy atom. The third-order valence-electron chi connectivity index (χ3n) is 3.41. The highest BCUT2D eigenvalue weighted by atomic mass is 16.5. The molecule has 0 bridgehead atoms. The first kappa shape index (κ1) is 15.1. The van der Waals surface area contributed by atoms with Crippen LogP contribution < -0.4 is 5.32 Å². The van der Waals surface area contributed by atoms with Crippen molar-refractivity contribution in [3.8, 4) is 0 Å². The SMILES string of the molecule is Cc1cc(C)n2nc(C(=O)NCc3cc(C(C)C)no3)nc2n1. The van der Waals surface area contributed by atoms with Gasteiger partial charge in [0.05, 0.1) is 12.2 Å². The standard InChI is InChI=1S/C15H18N6O2/c1-8(2)12-6-11(23-20-12)7-16-14(22)13-18-15-17-9(3)5-10(4)21(15)19-13/h5-6,8H,7H2,1-4H3,(H,16,22). The van der Waals surface area contributed by atoms with E-state index in [1.807, 2.05) is 39.8 Å². The quantitative estimate of drug-likeness (QED) is 0.788. The summed E-state index contributed by atoms with van der Waals surface area (Å²) >= 11 is 0. The van der Waals surface area contributed by atoms with Crippen LogP contribution in [0.3, 0.4) is 0 Å². The van der Waals surface area contributed by atoms with Crippen molar-refractivity contribution in [2.75, 3.05) is 0 Å². The zero-order valence-corrected chi connectivity index (χ0v) is 13.5. The first-order valence-corrected chi connectivity index (χ1v) is 7.38. The normalized spacial score (nSPS) is 11.3. The van der Waals surface area contributed by atoms with Crippen LogP contribution in [0.4, 0.5) is 0 Å². The van der Waals surface area contributed by atoms with E-state index in [4.69, 9.17) is 4.52 Å². The summed E-state index contributed by atoms with van der Waals surface area (Å²) in [5, 5.41) is 10.9. The average molecular weight is 314 g/mol. The maximum atomic E-state index is 12.2. The predicted molar refractivity (Wildman–Crippen MR) is 82.0 cm³/mol. The number of carbonyl (C=O) groups is 1. The lowest BCUT2D eigenvalue weighted by Gasteiger charge is -1.98. The van der Waals surface area contributed by atoms with Crippen molar-refractivity contribution < 1.29 is 9.32 Å². The molecule has 0 unspecified atom stereocenters. The Balaban J connectivity index is 1.74. The van der Waals surface area contributed by atoms with Gasteiger partial charge in [-0.1, -0.05) is 19.0 Å². The van der Waals surface area contributed by atoms with Crippen LogP contribution in [0.2, 0.25) is 0 Å². The molecule has 0 atom stereocenters. The van der Waals surface area contributed by atoms with Gasteiger partial charge >= 0.3 is 0 Å². The second-order valence-corrected chi connectivity index (χ2v) is 5.74. The van der Waals surface area contributed by atoms with Crippen molar-refractivity contribution in [3.63, 3.8) is 0 Å². The summed E-state index contributed by atoms with van der Waals surface area (Å²) in [6.07, 6.45) is 0. The van der Waals surface area contributed by atoms with E-state index in [1.54, 1.807) is 4.52 Å². The Hall–Kier alpha value is -2.77. The van der Waals surface area contributed by atoms with Gasteiger partial charge in [0.15, 0.2) is 5.76 Å². The first-order valence-electron chi connectivity index (χ1n) is 7.38. The average Bonchev–Trinajstić information content (AvgIpc) is 3.11.